The fraction of sp³-hybridized carbons (Fsp3) is 0.250. The summed E-state index contributed by atoms with van der Waals surface area (Å²) in [4.78, 5) is 0. The number of hydrogen-bond donors (Lipinski definition) is 1. The summed E-state index contributed by atoms with van der Waals surface area (Å²) >= 11 is 3.52. The Bertz CT molecular complexity index is 595. The summed E-state index contributed by atoms with van der Waals surface area (Å²) in [6, 6.07) is 14.1. The van der Waals surface area contributed by atoms with Gasteiger partial charge in [0.2, 0.25) is 0 Å². The quantitative estimate of drug-likeness (QED) is 0.933. The van der Waals surface area contributed by atoms with Crippen molar-refractivity contribution in [3.05, 3.63) is 69.2 Å². The Kier molecular flexibility index (Phi) is 3.69. The van der Waals surface area contributed by atoms with Crippen molar-refractivity contribution >= 4 is 15.9 Å². The Balaban J connectivity index is 1.81. The first kappa shape index (κ1) is 12.9. The molecule has 2 aromatic rings. The predicted octanol–water partition coefficient (Wildman–Crippen LogP) is 3.76. The number of benzene rings is 2. The third-order valence-electron chi connectivity index (χ3n) is 3.50. The Labute approximate surface area is 121 Å². The molecular formula is C16H15BrO2. The molecule has 0 fully saturated rings. The first-order chi connectivity index (χ1) is 9.24. The minimum absolute atomic E-state index is 0.482. The zero-order chi connectivity index (χ0) is 13.2. The van der Waals surface area contributed by atoms with Gasteiger partial charge in [-0.2, -0.15) is 0 Å². The number of hydrogen-bond acceptors (Lipinski definition) is 2. The monoisotopic (exact) mass is 318 g/mol. The van der Waals surface area contributed by atoms with Gasteiger partial charge in [0.15, 0.2) is 0 Å². The van der Waals surface area contributed by atoms with E-state index in [2.05, 4.69) is 28.1 Å². The molecule has 1 N–H and O–H groups in total. The van der Waals surface area contributed by atoms with E-state index in [9.17, 15) is 5.11 Å². The van der Waals surface area contributed by atoms with Gasteiger partial charge in [-0.15, -0.1) is 0 Å². The fourth-order valence-electron chi connectivity index (χ4n) is 2.39. The van der Waals surface area contributed by atoms with Crippen LogP contribution in [0.5, 0.6) is 0 Å². The zero-order valence-corrected chi connectivity index (χ0v) is 12.1. The second-order valence-corrected chi connectivity index (χ2v) is 5.69. The van der Waals surface area contributed by atoms with Gasteiger partial charge in [0, 0.05) is 10.9 Å². The first-order valence-corrected chi connectivity index (χ1v) is 7.14. The van der Waals surface area contributed by atoms with Gasteiger partial charge >= 0.3 is 0 Å². The van der Waals surface area contributed by atoms with Crippen molar-refractivity contribution in [1.82, 2.24) is 0 Å². The van der Waals surface area contributed by atoms with Crippen molar-refractivity contribution in [2.24, 2.45) is 0 Å². The number of ether oxygens (including phenoxy) is 1. The minimum atomic E-state index is -0.482. The van der Waals surface area contributed by atoms with Gasteiger partial charge in [-0.25, -0.2) is 0 Å². The van der Waals surface area contributed by atoms with E-state index in [4.69, 9.17) is 4.74 Å². The molecule has 0 spiro atoms. The van der Waals surface area contributed by atoms with Gasteiger partial charge in [0.05, 0.1) is 19.3 Å². The van der Waals surface area contributed by atoms with E-state index in [1.165, 1.54) is 11.1 Å². The molecule has 3 heteroatoms. The molecule has 3 rings (SSSR count). The average Bonchev–Trinajstić information content (AvgIpc) is 2.88. The Morgan fingerprint density at radius 1 is 1.11 bits per heavy atom. The van der Waals surface area contributed by atoms with Gasteiger partial charge in [0.25, 0.3) is 0 Å². The molecule has 1 unspecified atom stereocenters. The summed E-state index contributed by atoms with van der Waals surface area (Å²) in [5.41, 5.74) is 4.51. The number of rotatable bonds is 3. The lowest BCUT2D eigenvalue weighted by Gasteiger charge is -2.13. The van der Waals surface area contributed by atoms with Crippen LogP contribution in [-0.4, -0.2) is 5.11 Å². The van der Waals surface area contributed by atoms with Crippen molar-refractivity contribution in [2.75, 3.05) is 0 Å². The van der Waals surface area contributed by atoms with E-state index in [1.807, 2.05) is 30.3 Å². The Morgan fingerprint density at radius 2 is 1.89 bits per heavy atom. The molecule has 0 aromatic heterocycles. The lowest BCUT2D eigenvalue weighted by molar-refractivity contribution is 0.134. The van der Waals surface area contributed by atoms with E-state index < -0.39 is 6.10 Å². The SMILES string of the molecule is OC(Cc1ccccc1Br)c1ccc2c(c1)COC2. The van der Waals surface area contributed by atoms with E-state index >= 15 is 0 Å². The van der Waals surface area contributed by atoms with Gasteiger partial charge in [-0.1, -0.05) is 52.3 Å². The standard InChI is InChI=1S/C16H15BrO2/c17-15-4-2-1-3-11(15)8-16(18)12-5-6-13-9-19-10-14(13)7-12/h1-7,16,18H,8-10H2. The summed E-state index contributed by atoms with van der Waals surface area (Å²) in [6.45, 7) is 1.35. The third kappa shape index (κ3) is 2.73. The Hall–Kier alpha value is -1.16. The van der Waals surface area contributed by atoms with Crippen LogP contribution in [0.2, 0.25) is 0 Å². The highest BCUT2D eigenvalue weighted by Crippen LogP contribution is 2.27. The Morgan fingerprint density at radius 3 is 2.74 bits per heavy atom. The first-order valence-electron chi connectivity index (χ1n) is 6.35. The molecule has 2 aromatic carbocycles. The number of halogens is 1. The van der Waals surface area contributed by atoms with Crippen LogP contribution in [0.4, 0.5) is 0 Å². The zero-order valence-electron chi connectivity index (χ0n) is 10.5. The molecule has 1 atom stereocenters. The van der Waals surface area contributed by atoms with Crippen LogP contribution in [0.25, 0.3) is 0 Å². The average molecular weight is 319 g/mol. The van der Waals surface area contributed by atoms with E-state index in [0.717, 1.165) is 15.6 Å². The van der Waals surface area contributed by atoms with Crippen LogP contribution in [0.3, 0.4) is 0 Å². The number of aliphatic hydroxyl groups excluding tert-OH is 1. The highest BCUT2D eigenvalue weighted by molar-refractivity contribution is 9.10. The molecule has 2 nitrogen and oxygen atoms in total. The fourth-order valence-corrected chi connectivity index (χ4v) is 2.84. The molecule has 0 aliphatic carbocycles. The molecule has 0 saturated carbocycles. The van der Waals surface area contributed by atoms with Crippen molar-refractivity contribution in [3.8, 4) is 0 Å². The second kappa shape index (κ2) is 5.45. The van der Waals surface area contributed by atoms with Crippen LogP contribution in [0.15, 0.2) is 46.9 Å². The minimum Gasteiger partial charge on any atom is -0.388 e. The molecule has 1 heterocycles. The van der Waals surface area contributed by atoms with Crippen LogP contribution < -0.4 is 0 Å². The maximum absolute atomic E-state index is 10.4. The van der Waals surface area contributed by atoms with Crippen LogP contribution in [0, 0.1) is 0 Å². The van der Waals surface area contributed by atoms with Crippen LogP contribution >= 0.6 is 15.9 Å². The summed E-state index contributed by atoms with van der Waals surface area (Å²) in [6.07, 6.45) is 0.130. The summed E-state index contributed by atoms with van der Waals surface area (Å²) in [5, 5.41) is 10.4. The number of fused-ring (bicyclic) bond motifs is 1. The molecule has 1 aliphatic rings. The molecule has 1 aliphatic heterocycles. The van der Waals surface area contributed by atoms with Crippen LogP contribution in [0.1, 0.15) is 28.4 Å². The van der Waals surface area contributed by atoms with E-state index in [-0.39, 0.29) is 0 Å². The smallest absolute Gasteiger partial charge is 0.0830 e. The van der Waals surface area contributed by atoms with Gasteiger partial charge < -0.3 is 9.84 Å². The maximum atomic E-state index is 10.4. The lowest BCUT2D eigenvalue weighted by Crippen LogP contribution is -2.03. The molecule has 0 bridgehead atoms. The molecule has 0 amide bonds. The predicted molar refractivity (Wildman–Crippen MR) is 77.7 cm³/mol. The lowest BCUT2D eigenvalue weighted by atomic mass is 9.98. The van der Waals surface area contributed by atoms with Crippen molar-refractivity contribution in [3.63, 3.8) is 0 Å². The van der Waals surface area contributed by atoms with Gasteiger partial charge in [-0.05, 0) is 28.3 Å². The van der Waals surface area contributed by atoms with Gasteiger partial charge in [0.1, 0.15) is 0 Å². The van der Waals surface area contributed by atoms with Crippen molar-refractivity contribution in [2.45, 2.75) is 25.7 Å². The highest BCUT2D eigenvalue weighted by Gasteiger charge is 2.15. The summed E-state index contributed by atoms with van der Waals surface area (Å²) < 4.78 is 6.44. The third-order valence-corrected chi connectivity index (χ3v) is 4.27. The molecule has 98 valence electrons. The topological polar surface area (TPSA) is 29.5 Å². The normalized spacial score (nSPS) is 15.3. The molecule has 19 heavy (non-hydrogen) atoms. The molecule has 0 saturated heterocycles. The summed E-state index contributed by atoms with van der Waals surface area (Å²) in [5.74, 6) is 0. The second-order valence-electron chi connectivity index (χ2n) is 4.83. The maximum Gasteiger partial charge on any atom is 0.0830 e. The molecular weight excluding hydrogens is 304 g/mol. The number of aliphatic hydroxyl groups is 1. The van der Waals surface area contributed by atoms with Crippen molar-refractivity contribution in [1.29, 1.82) is 0 Å². The molecule has 0 radical (unpaired) electrons. The highest BCUT2D eigenvalue weighted by atomic mass is 79.9. The largest absolute Gasteiger partial charge is 0.388 e. The summed E-state index contributed by atoms with van der Waals surface area (Å²) in [7, 11) is 0. The van der Waals surface area contributed by atoms with E-state index in [1.54, 1.807) is 0 Å². The van der Waals surface area contributed by atoms with Gasteiger partial charge in [-0.3, -0.25) is 0 Å². The van der Waals surface area contributed by atoms with Crippen LogP contribution in [-0.2, 0) is 24.4 Å². The van der Waals surface area contributed by atoms with E-state index in [0.29, 0.717) is 19.6 Å². The van der Waals surface area contributed by atoms with Crippen molar-refractivity contribution < 1.29 is 9.84 Å².